The summed E-state index contributed by atoms with van der Waals surface area (Å²) in [7, 11) is 0. The largest absolute Gasteiger partial charge is 0.236 e. The molecule has 17 heavy (non-hydrogen) atoms. The van der Waals surface area contributed by atoms with Crippen molar-refractivity contribution in [3.63, 3.8) is 0 Å². The second-order valence-electron chi connectivity index (χ2n) is 3.77. The Labute approximate surface area is 110 Å². The molecule has 0 radical (unpaired) electrons. The fourth-order valence-electron chi connectivity index (χ4n) is 1.68. The lowest BCUT2D eigenvalue weighted by Crippen LogP contribution is -1.87. The van der Waals surface area contributed by atoms with Crippen LogP contribution in [-0.2, 0) is 0 Å². The zero-order valence-electron chi connectivity index (χ0n) is 9.37. The third-order valence-corrected chi connectivity index (χ3v) is 2.90. The number of aromatic nitrogens is 1. The number of hydrogen-bond acceptors (Lipinski definition) is 1. The highest BCUT2D eigenvalue weighted by Crippen LogP contribution is 2.23. The number of rotatable bonds is 2. The van der Waals surface area contributed by atoms with E-state index in [1.54, 1.807) is 12.1 Å². The van der Waals surface area contributed by atoms with Gasteiger partial charge in [0, 0.05) is 10.4 Å². The zero-order chi connectivity index (χ0) is 12.4. The maximum absolute atomic E-state index is 5.91. The van der Waals surface area contributed by atoms with Gasteiger partial charge in [-0.15, -0.1) is 0 Å². The Bertz CT molecular complexity index is 615. The molecule has 0 saturated carbocycles. The van der Waals surface area contributed by atoms with E-state index in [2.05, 4.69) is 11.6 Å². The first kappa shape index (κ1) is 12.2. The summed E-state index contributed by atoms with van der Waals surface area (Å²) in [5.41, 5.74) is 3.06. The van der Waals surface area contributed by atoms with Crippen molar-refractivity contribution < 1.29 is 0 Å². The molecule has 1 heterocycles. The van der Waals surface area contributed by atoms with E-state index in [9.17, 15) is 0 Å². The molecule has 1 aromatic heterocycles. The molecule has 3 heteroatoms. The second kappa shape index (κ2) is 4.91. The van der Waals surface area contributed by atoms with E-state index in [1.165, 1.54) is 0 Å². The molecule has 0 atom stereocenters. The van der Waals surface area contributed by atoms with Crippen LogP contribution in [0.4, 0.5) is 0 Å². The molecule has 86 valence electrons. The molecule has 0 aliphatic rings. The average molecular weight is 264 g/mol. The van der Waals surface area contributed by atoms with Crippen molar-refractivity contribution in [3.8, 4) is 0 Å². The van der Waals surface area contributed by atoms with Gasteiger partial charge in [-0.25, -0.2) is 4.98 Å². The molecule has 1 aromatic carbocycles. The van der Waals surface area contributed by atoms with E-state index >= 15 is 0 Å². The number of hydrogen-bond donors (Lipinski definition) is 0. The Balaban J connectivity index is 2.60. The van der Waals surface area contributed by atoms with Crippen LogP contribution in [0.25, 0.3) is 17.0 Å². The molecule has 0 aliphatic carbocycles. The van der Waals surface area contributed by atoms with E-state index in [-0.39, 0.29) is 0 Å². The maximum Gasteiger partial charge on any atom is 0.129 e. The van der Waals surface area contributed by atoms with E-state index in [0.29, 0.717) is 10.2 Å². The molecule has 2 aromatic rings. The number of aryl methyl sites for hydroxylation is 1. The molecule has 0 unspecified atom stereocenters. The predicted octanol–water partition coefficient (Wildman–Crippen LogP) is 4.96. The number of halogens is 2. The summed E-state index contributed by atoms with van der Waals surface area (Å²) in [6.45, 7) is 5.63. The van der Waals surface area contributed by atoms with Crippen molar-refractivity contribution >= 4 is 40.2 Å². The van der Waals surface area contributed by atoms with Crippen LogP contribution in [0.3, 0.4) is 0 Å². The van der Waals surface area contributed by atoms with Gasteiger partial charge >= 0.3 is 0 Å². The molecular weight excluding hydrogens is 253 g/mol. The van der Waals surface area contributed by atoms with E-state index in [4.69, 9.17) is 23.2 Å². The van der Waals surface area contributed by atoms with Crippen molar-refractivity contribution in [2.24, 2.45) is 0 Å². The van der Waals surface area contributed by atoms with E-state index in [0.717, 1.165) is 22.0 Å². The van der Waals surface area contributed by atoms with E-state index < -0.39 is 0 Å². The Kier molecular flexibility index (Phi) is 3.51. The highest BCUT2D eigenvalue weighted by atomic mass is 35.5. The van der Waals surface area contributed by atoms with Crippen LogP contribution < -0.4 is 0 Å². The lowest BCUT2D eigenvalue weighted by molar-refractivity contribution is 1.36. The van der Waals surface area contributed by atoms with Gasteiger partial charge in [-0.3, -0.25) is 0 Å². The lowest BCUT2D eigenvalue weighted by Gasteiger charge is -2.05. The fourth-order valence-corrected chi connectivity index (χ4v) is 1.89. The number of pyridine rings is 1. The minimum absolute atomic E-state index is 0.503. The van der Waals surface area contributed by atoms with Gasteiger partial charge in [0.1, 0.15) is 5.15 Å². The van der Waals surface area contributed by atoms with Crippen molar-refractivity contribution in [1.29, 1.82) is 0 Å². The van der Waals surface area contributed by atoms with Gasteiger partial charge in [-0.2, -0.15) is 0 Å². The number of nitrogens with zero attached hydrogens (tertiary/aromatic N) is 1. The number of fused-ring (bicyclic) bond motifs is 1. The zero-order valence-corrected chi connectivity index (χ0v) is 10.9. The molecule has 0 spiro atoms. The molecule has 0 saturated heterocycles. The van der Waals surface area contributed by atoms with Crippen molar-refractivity contribution in [2.45, 2.75) is 6.92 Å². The van der Waals surface area contributed by atoms with Crippen LogP contribution in [0, 0.1) is 6.92 Å². The van der Waals surface area contributed by atoms with Gasteiger partial charge in [-0.05, 0) is 36.3 Å². The summed E-state index contributed by atoms with van der Waals surface area (Å²) in [5.74, 6) is 0. The highest BCUT2D eigenvalue weighted by molar-refractivity contribution is 6.31. The molecule has 1 nitrogen and oxygen atoms in total. The predicted molar refractivity (Wildman–Crippen MR) is 75.5 cm³/mol. The minimum Gasteiger partial charge on any atom is -0.236 e. The SMILES string of the molecule is C=C(Cl)/C=C\c1ccc2ccc(Cl)nc2c1C. The van der Waals surface area contributed by atoms with Gasteiger partial charge in [-0.1, -0.05) is 48.0 Å². The summed E-state index contributed by atoms with van der Waals surface area (Å²) in [6, 6.07) is 7.80. The molecule has 0 fully saturated rings. The molecule has 0 amide bonds. The van der Waals surface area contributed by atoms with Crippen LogP contribution >= 0.6 is 23.2 Å². The van der Waals surface area contributed by atoms with Crippen LogP contribution in [0.2, 0.25) is 5.15 Å². The quantitative estimate of drug-likeness (QED) is 0.551. The summed E-state index contributed by atoms with van der Waals surface area (Å²) in [6.07, 6.45) is 3.69. The van der Waals surface area contributed by atoms with Crippen LogP contribution in [0.1, 0.15) is 11.1 Å². The van der Waals surface area contributed by atoms with Crippen LogP contribution in [-0.4, -0.2) is 4.98 Å². The monoisotopic (exact) mass is 263 g/mol. The summed E-state index contributed by atoms with van der Waals surface area (Å²) >= 11 is 11.6. The third kappa shape index (κ3) is 2.68. The van der Waals surface area contributed by atoms with Gasteiger partial charge in [0.25, 0.3) is 0 Å². The fraction of sp³-hybridized carbons (Fsp3) is 0.0714. The van der Waals surface area contributed by atoms with Crippen LogP contribution in [0.5, 0.6) is 0 Å². The topological polar surface area (TPSA) is 12.9 Å². The first-order valence-electron chi connectivity index (χ1n) is 5.16. The first-order chi connectivity index (χ1) is 8.08. The Morgan fingerprint density at radius 1 is 1.29 bits per heavy atom. The molecule has 0 aliphatic heterocycles. The Hall–Kier alpha value is -1.31. The average Bonchev–Trinajstić information content (AvgIpc) is 2.29. The maximum atomic E-state index is 5.91. The highest BCUT2D eigenvalue weighted by Gasteiger charge is 2.03. The third-order valence-electron chi connectivity index (χ3n) is 2.57. The molecule has 0 bridgehead atoms. The van der Waals surface area contributed by atoms with Gasteiger partial charge in [0.05, 0.1) is 5.52 Å². The van der Waals surface area contributed by atoms with Crippen molar-refractivity contribution in [2.75, 3.05) is 0 Å². The summed E-state index contributed by atoms with van der Waals surface area (Å²) < 4.78 is 0. The van der Waals surface area contributed by atoms with E-state index in [1.807, 2.05) is 31.2 Å². The van der Waals surface area contributed by atoms with Gasteiger partial charge in [0.15, 0.2) is 0 Å². The van der Waals surface area contributed by atoms with Gasteiger partial charge < -0.3 is 0 Å². The Morgan fingerprint density at radius 2 is 2.00 bits per heavy atom. The van der Waals surface area contributed by atoms with Crippen molar-refractivity contribution in [1.82, 2.24) is 4.98 Å². The van der Waals surface area contributed by atoms with Gasteiger partial charge in [0.2, 0.25) is 0 Å². The lowest BCUT2D eigenvalue weighted by atomic mass is 10.0. The first-order valence-corrected chi connectivity index (χ1v) is 5.92. The normalized spacial score (nSPS) is 11.2. The standard InChI is InChI=1S/C14H11Cl2N/c1-9(15)3-4-11-5-6-12-7-8-13(16)17-14(12)10(11)2/h3-8H,1H2,2H3/b4-3-. The minimum atomic E-state index is 0.503. The number of benzene rings is 1. The molecular formula is C14H11Cl2N. The summed E-state index contributed by atoms with van der Waals surface area (Å²) in [4.78, 5) is 4.34. The van der Waals surface area contributed by atoms with Crippen molar-refractivity contribution in [3.05, 3.63) is 58.2 Å². The summed E-state index contributed by atoms with van der Waals surface area (Å²) in [5, 5.41) is 2.08. The van der Waals surface area contributed by atoms with Crippen LogP contribution in [0.15, 0.2) is 42.0 Å². The smallest absolute Gasteiger partial charge is 0.129 e. The molecule has 2 rings (SSSR count). The number of allylic oxidation sites excluding steroid dienone is 2. The molecule has 0 N–H and O–H groups in total. The Morgan fingerprint density at radius 3 is 2.71 bits per heavy atom. The second-order valence-corrected chi connectivity index (χ2v) is 4.64.